The van der Waals surface area contributed by atoms with Crippen molar-refractivity contribution in [3.05, 3.63) is 72.6 Å². The molecule has 6 aliphatic rings. The van der Waals surface area contributed by atoms with E-state index in [4.69, 9.17) is 29.4 Å². The standard InChI is InChI=1S/C23H31N5O2.C17H20N6/c1-5-24-22-20-23(27-21(26-20)15(2)3)28(14-25-22)13-16-10-11-18(29-4)19(12-16)30-17-8-6-7-9-17;1-3-10-23-11-19-16(22(2)13-6-8-18-9-7-13)14-17(23)21-15(20-14)12-4-5-12/h10-12,14-15,17,24H,5-9,13H2,1-4H3;6-9,11-12H,3-5,10H2,1-2H3. The van der Waals surface area contributed by atoms with Crippen LogP contribution in [0.3, 0.4) is 0 Å². The first-order valence-corrected chi connectivity index (χ1v) is 19.0. The summed E-state index contributed by atoms with van der Waals surface area (Å²) in [4.78, 5) is 34.6. The fourth-order valence-electron chi connectivity index (χ4n) is 6.72. The molecule has 0 saturated heterocycles. The Morgan fingerprint density at radius 3 is 2.32 bits per heavy atom. The van der Waals surface area contributed by atoms with Gasteiger partial charge in [0.1, 0.15) is 11.6 Å². The van der Waals surface area contributed by atoms with Crippen LogP contribution in [0.25, 0.3) is 23.0 Å². The van der Waals surface area contributed by atoms with Crippen molar-refractivity contribution in [2.45, 2.75) is 104 Å². The zero-order valence-corrected chi connectivity index (χ0v) is 31.8. The average Bonchev–Trinajstić information content (AvgIpc) is 3.50. The minimum absolute atomic E-state index is 0.257. The molecular weight excluding hydrogens is 667 g/mol. The molecular formula is C40H51N11O2. The van der Waals surface area contributed by atoms with Crippen LogP contribution in [0, 0.1) is 0 Å². The van der Waals surface area contributed by atoms with Crippen LogP contribution in [0.5, 0.6) is 11.5 Å². The fraction of sp³-hybridized carbons (Fsp3) is 0.475. The topological polar surface area (TPSA) is 134 Å². The predicted molar refractivity (Wildman–Crippen MR) is 207 cm³/mol. The predicted octanol–water partition coefficient (Wildman–Crippen LogP) is 7.94. The van der Waals surface area contributed by atoms with Crippen LogP contribution in [0.15, 0.2) is 55.4 Å². The normalized spacial score (nSPS) is 14.5. The zero-order valence-electron chi connectivity index (χ0n) is 31.8. The molecule has 2 aliphatic carbocycles. The van der Waals surface area contributed by atoms with Gasteiger partial charge in [-0.2, -0.15) is 0 Å². The molecule has 2 saturated carbocycles. The van der Waals surface area contributed by atoms with Crippen LogP contribution in [-0.2, 0) is 13.1 Å². The number of ether oxygens (including phenoxy) is 2. The second kappa shape index (κ2) is 16.1. The van der Waals surface area contributed by atoms with Crippen molar-refractivity contribution < 1.29 is 9.47 Å². The van der Waals surface area contributed by atoms with E-state index in [1.807, 2.05) is 42.8 Å². The van der Waals surface area contributed by atoms with Gasteiger partial charge in [0, 0.05) is 50.1 Å². The molecule has 1 aromatic carbocycles. The van der Waals surface area contributed by atoms with Gasteiger partial charge in [-0.1, -0.05) is 26.8 Å². The molecule has 1 aromatic heterocycles. The molecule has 278 valence electrons. The van der Waals surface area contributed by atoms with E-state index < -0.39 is 0 Å². The van der Waals surface area contributed by atoms with Gasteiger partial charge in [-0.3, -0.25) is 4.98 Å². The highest BCUT2D eigenvalue weighted by Crippen LogP contribution is 2.42. The second-order valence-corrected chi connectivity index (χ2v) is 14.2. The Hall–Kier alpha value is -5.33. The number of hydrogen-bond acceptors (Lipinski definition) is 11. The summed E-state index contributed by atoms with van der Waals surface area (Å²) in [6.07, 6.45) is 15.7. The number of aryl methyl sites for hydroxylation is 1. The van der Waals surface area contributed by atoms with Crippen LogP contribution in [0.4, 0.5) is 17.3 Å². The third-order valence-electron chi connectivity index (χ3n) is 9.76. The molecule has 1 N–H and O–H groups in total. The van der Waals surface area contributed by atoms with Crippen molar-refractivity contribution in [3.63, 3.8) is 0 Å². The number of methoxy groups -OCH3 is 1. The van der Waals surface area contributed by atoms with Gasteiger partial charge < -0.3 is 28.8 Å². The minimum Gasteiger partial charge on any atom is -0.493 e. The molecule has 13 nitrogen and oxygen atoms in total. The highest BCUT2D eigenvalue weighted by molar-refractivity contribution is 5.74. The van der Waals surface area contributed by atoms with Crippen LogP contribution < -0.4 is 19.7 Å². The van der Waals surface area contributed by atoms with Gasteiger partial charge in [-0.25, -0.2) is 29.9 Å². The number of anilines is 3. The number of hydrogen-bond donors (Lipinski definition) is 1. The Kier molecular flexibility index (Phi) is 11.0. The maximum Gasteiger partial charge on any atom is 0.166 e. The van der Waals surface area contributed by atoms with E-state index in [-0.39, 0.29) is 12.0 Å². The smallest absolute Gasteiger partial charge is 0.166 e. The first kappa shape index (κ1) is 36.0. The van der Waals surface area contributed by atoms with E-state index in [0.29, 0.717) is 12.5 Å². The summed E-state index contributed by atoms with van der Waals surface area (Å²) in [5.41, 5.74) is 3.86. The van der Waals surface area contributed by atoms with Gasteiger partial charge in [0.25, 0.3) is 0 Å². The van der Waals surface area contributed by atoms with Gasteiger partial charge in [0.2, 0.25) is 0 Å². The molecule has 0 atom stereocenters. The number of pyridine rings is 1. The lowest BCUT2D eigenvalue weighted by Crippen LogP contribution is -2.16. The summed E-state index contributed by atoms with van der Waals surface area (Å²) in [5.74, 6) is 7.61. The minimum atomic E-state index is 0.257. The second-order valence-electron chi connectivity index (χ2n) is 14.2. The maximum atomic E-state index is 6.26. The summed E-state index contributed by atoms with van der Waals surface area (Å²) >= 11 is 0. The lowest BCUT2D eigenvalue weighted by atomic mass is 10.2. The van der Waals surface area contributed by atoms with Crippen molar-refractivity contribution >= 4 is 17.3 Å². The van der Waals surface area contributed by atoms with E-state index in [1.165, 1.54) is 25.7 Å². The molecule has 2 fully saturated rings. The lowest BCUT2D eigenvalue weighted by Gasteiger charge is -2.21. The summed E-state index contributed by atoms with van der Waals surface area (Å²) in [6.45, 7) is 10.8. The van der Waals surface area contributed by atoms with E-state index in [1.54, 1.807) is 19.5 Å². The molecule has 8 rings (SSSR count). The Bertz CT molecular complexity index is 2030. The van der Waals surface area contributed by atoms with Crippen molar-refractivity contribution in [2.75, 3.05) is 30.9 Å². The molecule has 53 heavy (non-hydrogen) atoms. The number of rotatable bonds is 13. The van der Waals surface area contributed by atoms with Crippen LogP contribution in [0.1, 0.15) is 102 Å². The molecule has 0 spiro atoms. The third-order valence-corrected chi connectivity index (χ3v) is 9.76. The van der Waals surface area contributed by atoms with Crippen molar-refractivity contribution in [1.29, 1.82) is 0 Å². The van der Waals surface area contributed by atoms with Crippen LogP contribution >= 0.6 is 0 Å². The number of aromatic nitrogens is 9. The number of fused-ring (bicyclic) bond motifs is 2. The quantitative estimate of drug-likeness (QED) is 0.125. The van der Waals surface area contributed by atoms with Gasteiger partial charge >= 0.3 is 0 Å². The number of nitrogens with zero attached hydrogens (tertiary/aromatic N) is 10. The zero-order chi connectivity index (χ0) is 36.9. The Morgan fingerprint density at radius 2 is 1.62 bits per heavy atom. The fourth-order valence-corrected chi connectivity index (χ4v) is 6.72. The van der Waals surface area contributed by atoms with Crippen molar-refractivity contribution in [1.82, 2.24) is 44.0 Å². The summed E-state index contributed by atoms with van der Waals surface area (Å²) in [5, 5.41) is 3.29. The first-order chi connectivity index (χ1) is 25.9. The van der Waals surface area contributed by atoms with Crippen molar-refractivity contribution in [3.8, 4) is 34.5 Å². The molecule has 0 amide bonds. The molecule has 0 radical (unpaired) electrons. The largest absolute Gasteiger partial charge is 0.493 e. The SMILES string of the molecule is CCCn1cnc(N(C)c2ccncc2)c2nc(C3CC3)nc1-2.CCNc1ncn(Cc2ccc(OC)c(OC3CCCC3)c2)c2nc(C(C)C)nc1-2. The first-order valence-electron chi connectivity index (χ1n) is 19.0. The van der Waals surface area contributed by atoms with Crippen LogP contribution in [0.2, 0.25) is 0 Å². The lowest BCUT2D eigenvalue weighted by molar-refractivity contribution is 0.200. The average molecular weight is 718 g/mol. The maximum absolute atomic E-state index is 6.26. The Morgan fingerprint density at radius 1 is 0.868 bits per heavy atom. The van der Waals surface area contributed by atoms with E-state index >= 15 is 0 Å². The number of nitrogens with one attached hydrogen (secondary N) is 1. The Labute approximate surface area is 312 Å². The number of imidazole rings is 2. The van der Waals surface area contributed by atoms with Gasteiger partial charge in [0.05, 0.1) is 32.4 Å². The molecule has 0 bridgehead atoms. The van der Waals surface area contributed by atoms with E-state index in [0.717, 1.165) is 101 Å². The van der Waals surface area contributed by atoms with E-state index in [2.05, 4.69) is 69.2 Å². The van der Waals surface area contributed by atoms with Crippen LogP contribution in [-0.4, -0.2) is 70.8 Å². The summed E-state index contributed by atoms with van der Waals surface area (Å²) in [6, 6.07) is 10.1. The summed E-state index contributed by atoms with van der Waals surface area (Å²) < 4.78 is 16.0. The van der Waals surface area contributed by atoms with E-state index in [9.17, 15) is 0 Å². The van der Waals surface area contributed by atoms with Gasteiger partial charge in [-0.05, 0) is 81.7 Å². The highest BCUT2D eigenvalue weighted by atomic mass is 16.5. The van der Waals surface area contributed by atoms with Gasteiger partial charge in [0.15, 0.2) is 46.2 Å². The summed E-state index contributed by atoms with van der Waals surface area (Å²) in [7, 11) is 3.69. The third kappa shape index (κ3) is 8.03. The molecule has 5 heterocycles. The number of benzene rings is 1. The molecule has 2 aromatic rings. The van der Waals surface area contributed by atoms with Gasteiger partial charge in [-0.15, -0.1) is 0 Å². The van der Waals surface area contributed by atoms with Crippen molar-refractivity contribution in [2.24, 2.45) is 0 Å². The Balaban J connectivity index is 0.000000170. The highest BCUT2D eigenvalue weighted by Gasteiger charge is 2.32. The molecule has 0 unspecified atom stereocenters. The molecule has 4 aliphatic heterocycles. The monoisotopic (exact) mass is 717 g/mol. The molecule has 13 heteroatoms.